The van der Waals surface area contributed by atoms with E-state index >= 15 is 0 Å². The highest BCUT2D eigenvalue weighted by molar-refractivity contribution is 14.1. The molecule has 3 atom stereocenters. The van der Waals surface area contributed by atoms with Crippen LogP contribution in [0.4, 0.5) is 13.2 Å². The van der Waals surface area contributed by atoms with Crippen molar-refractivity contribution in [2.75, 3.05) is 6.61 Å². The van der Waals surface area contributed by atoms with Gasteiger partial charge in [-0.3, -0.25) is 9.59 Å². The molecular formula is C27H27ClF3IN2O4. The van der Waals surface area contributed by atoms with Crippen LogP contribution in [0.5, 0.6) is 5.75 Å². The second kappa shape index (κ2) is 11.3. The molecule has 0 heterocycles. The van der Waals surface area contributed by atoms with Crippen LogP contribution in [0.25, 0.3) is 0 Å². The monoisotopic (exact) mass is 662 g/mol. The Kier molecular flexibility index (Phi) is 8.89. The van der Waals surface area contributed by atoms with Crippen molar-refractivity contribution in [1.29, 1.82) is 0 Å². The molecule has 0 saturated carbocycles. The zero-order valence-electron chi connectivity index (χ0n) is 20.8. The molecule has 2 amide bonds. The third kappa shape index (κ3) is 5.72. The molecule has 1 aliphatic rings. The van der Waals surface area contributed by atoms with Gasteiger partial charge in [0, 0.05) is 14.6 Å². The summed E-state index contributed by atoms with van der Waals surface area (Å²) >= 11 is 7.77. The first kappa shape index (κ1) is 30.0. The minimum Gasteiger partial charge on any atom is -0.490 e. The molecule has 3 unspecified atom stereocenters. The van der Waals surface area contributed by atoms with Gasteiger partial charge in [-0.1, -0.05) is 48.0 Å². The average molecular weight is 663 g/mol. The normalized spacial score (nSPS) is 21.0. The number of rotatable bonds is 8. The van der Waals surface area contributed by atoms with Gasteiger partial charge in [-0.15, -0.1) is 0 Å². The van der Waals surface area contributed by atoms with E-state index in [-0.39, 0.29) is 22.9 Å². The molecule has 4 N–H and O–H groups in total. The van der Waals surface area contributed by atoms with E-state index in [0.717, 1.165) is 12.1 Å². The van der Waals surface area contributed by atoms with Crippen molar-refractivity contribution in [3.05, 3.63) is 86.0 Å². The van der Waals surface area contributed by atoms with Gasteiger partial charge in [0.05, 0.1) is 5.92 Å². The van der Waals surface area contributed by atoms with Crippen molar-refractivity contribution >= 4 is 46.0 Å². The number of nitrogens with one attached hydrogen (secondary N) is 1. The second-order valence-corrected chi connectivity index (χ2v) is 11.1. The van der Waals surface area contributed by atoms with Crippen molar-refractivity contribution in [2.24, 2.45) is 11.7 Å². The fourth-order valence-electron chi connectivity index (χ4n) is 4.44. The van der Waals surface area contributed by atoms with Crippen molar-refractivity contribution in [1.82, 2.24) is 5.32 Å². The number of aryl methyl sites for hydroxylation is 1. The molecule has 3 rings (SSSR count). The summed E-state index contributed by atoms with van der Waals surface area (Å²) in [6.45, 7) is 3.90. The zero-order valence-corrected chi connectivity index (χ0v) is 23.7. The second-order valence-electron chi connectivity index (χ2n) is 9.37. The number of hydrogen-bond donors (Lipinski definition) is 3. The van der Waals surface area contributed by atoms with Gasteiger partial charge < -0.3 is 20.9 Å². The number of aliphatic hydroxyl groups is 1. The number of halogens is 5. The van der Waals surface area contributed by atoms with E-state index in [2.05, 4.69) is 5.32 Å². The lowest BCUT2D eigenvalue weighted by Gasteiger charge is -2.39. The van der Waals surface area contributed by atoms with E-state index in [1.807, 2.05) is 22.6 Å². The number of hydrogen-bond acceptors (Lipinski definition) is 4. The molecule has 2 aromatic carbocycles. The number of primary amides is 1. The van der Waals surface area contributed by atoms with E-state index in [1.165, 1.54) is 43.3 Å². The molecule has 0 fully saturated rings. The van der Waals surface area contributed by atoms with Gasteiger partial charge in [0.2, 0.25) is 17.4 Å². The number of carbonyl (C=O) groups is 2. The van der Waals surface area contributed by atoms with Crippen LogP contribution in [0.15, 0.2) is 64.3 Å². The first-order valence-corrected chi connectivity index (χ1v) is 13.0. The van der Waals surface area contributed by atoms with Crippen LogP contribution in [0.3, 0.4) is 0 Å². The van der Waals surface area contributed by atoms with Crippen LogP contribution >= 0.6 is 34.2 Å². The lowest BCUT2D eigenvalue weighted by atomic mass is 9.65. The molecule has 2 aromatic rings. The Hall–Kier alpha value is -2.57. The van der Waals surface area contributed by atoms with Gasteiger partial charge in [0.1, 0.15) is 17.8 Å². The number of allylic oxidation sites excluding steroid dienone is 2. The minimum absolute atomic E-state index is 0.0887. The summed E-state index contributed by atoms with van der Waals surface area (Å²) in [4.78, 5) is 26.2. The first-order chi connectivity index (χ1) is 17.6. The summed E-state index contributed by atoms with van der Waals surface area (Å²) in [7, 11) is 0. The van der Waals surface area contributed by atoms with Gasteiger partial charge in [0.15, 0.2) is 0 Å². The SMILES string of the molecule is Cc1cc(C(O)(COc2ccc(Cl)cc2)C(F)(F)F)ccc1C1(C(N)=O)C=CC=C(I)C1C(=O)NC(C)C. The largest absolute Gasteiger partial charge is 0.490 e. The number of alkyl halides is 3. The van der Waals surface area contributed by atoms with Gasteiger partial charge in [-0.05, 0) is 84.3 Å². The van der Waals surface area contributed by atoms with E-state index in [0.29, 0.717) is 8.60 Å². The first-order valence-electron chi connectivity index (χ1n) is 11.6. The molecule has 0 saturated heterocycles. The molecule has 0 spiro atoms. The van der Waals surface area contributed by atoms with Crippen LogP contribution < -0.4 is 15.8 Å². The van der Waals surface area contributed by atoms with Crippen LogP contribution in [-0.4, -0.2) is 35.7 Å². The van der Waals surface area contributed by atoms with E-state index < -0.39 is 47.1 Å². The van der Waals surface area contributed by atoms with E-state index in [1.54, 1.807) is 26.0 Å². The Morgan fingerprint density at radius 2 is 1.84 bits per heavy atom. The van der Waals surface area contributed by atoms with Crippen LogP contribution in [0.1, 0.15) is 30.5 Å². The molecule has 38 heavy (non-hydrogen) atoms. The van der Waals surface area contributed by atoms with Crippen molar-refractivity contribution < 1.29 is 32.6 Å². The van der Waals surface area contributed by atoms with Gasteiger partial charge in [0.25, 0.3) is 0 Å². The summed E-state index contributed by atoms with van der Waals surface area (Å²) in [6, 6.07) is 8.94. The minimum atomic E-state index is -5.10. The number of carbonyl (C=O) groups excluding carboxylic acids is 2. The fraction of sp³-hybridized carbons (Fsp3) is 0.333. The molecule has 6 nitrogen and oxygen atoms in total. The lowest BCUT2D eigenvalue weighted by Crippen LogP contribution is -2.54. The predicted octanol–water partition coefficient (Wildman–Crippen LogP) is 5.23. The van der Waals surface area contributed by atoms with Crippen LogP contribution in [0.2, 0.25) is 5.02 Å². The quantitative estimate of drug-likeness (QED) is 0.337. The standard InChI is InChI=1S/C27H27ClF3IN2O4/c1-15(2)34-23(35)22-21(32)5-4-12-25(22,24(33)36)20-11-6-17(13-16(20)3)26(37,27(29,30)31)14-38-19-9-7-18(28)8-10-19/h4-13,15,22,37H,14H2,1-3H3,(H2,33,36)(H,34,35). The Morgan fingerprint density at radius 1 is 1.21 bits per heavy atom. The lowest BCUT2D eigenvalue weighted by molar-refractivity contribution is -0.275. The van der Waals surface area contributed by atoms with Crippen molar-refractivity contribution in [3.8, 4) is 5.75 Å². The fourth-order valence-corrected chi connectivity index (χ4v) is 5.54. The van der Waals surface area contributed by atoms with Crippen LogP contribution in [0, 0.1) is 12.8 Å². The molecular weight excluding hydrogens is 636 g/mol. The molecule has 1 aliphatic carbocycles. The van der Waals surface area contributed by atoms with Gasteiger partial charge in [-0.2, -0.15) is 13.2 Å². The van der Waals surface area contributed by atoms with Crippen molar-refractivity contribution in [2.45, 2.75) is 44.0 Å². The third-order valence-corrected chi connectivity index (χ3v) is 7.56. The Labute approximate surface area is 237 Å². The highest BCUT2D eigenvalue weighted by atomic mass is 127. The number of benzene rings is 2. The summed E-state index contributed by atoms with van der Waals surface area (Å²) in [5.41, 5.74) is 0.830. The van der Waals surface area contributed by atoms with E-state index in [4.69, 9.17) is 22.1 Å². The molecule has 0 radical (unpaired) electrons. The summed E-state index contributed by atoms with van der Waals surface area (Å²) < 4.78 is 48.4. The molecule has 0 aromatic heterocycles. The molecule has 0 aliphatic heterocycles. The number of amides is 2. The Balaban J connectivity index is 2.09. The highest BCUT2D eigenvalue weighted by Gasteiger charge is 2.57. The topological polar surface area (TPSA) is 102 Å². The van der Waals surface area contributed by atoms with Gasteiger partial charge in [-0.25, -0.2) is 0 Å². The molecule has 11 heteroatoms. The number of ether oxygens (including phenoxy) is 1. The van der Waals surface area contributed by atoms with Gasteiger partial charge >= 0.3 is 6.18 Å². The maximum absolute atomic E-state index is 14.2. The molecule has 204 valence electrons. The van der Waals surface area contributed by atoms with E-state index in [9.17, 15) is 27.9 Å². The molecule has 0 bridgehead atoms. The Bertz CT molecular complexity index is 1280. The summed E-state index contributed by atoms with van der Waals surface area (Å²) in [6.07, 6.45) is -0.349. The third-order valence-electron chi connectivity index (χ3n) is 6.33. The van der Waals surface area contributed by atoms with Crippen LogP contribution in [-0.2, 0) is 20.6 Å². The number of nitrogens with two attached hydrogens (primary N) is 1. The predicted molar refractivity (Wildman–Crippen MR) is 147 cm³/mol. The Morgan fingerprint density at radius 3 is 2.37 bits per heavy atom. The smallest absolute Gasteiger partial charge is 0.424 e. The average Bonchev–Trinajstić information content (AvgIpc) is 2.81. The summed E-state index contributed by atoms with van der Waals surface area (Å²) in [5.74, 6) is -2.23. The van der Waals surface area contributed by atoms with Crippen molar-refractivity contribution in [3.63, 3.8) is 0 Å². The summed E-state index contributed by atoms with van der Waals surface area (Å²) in [5, 5.41) is 14.0. The maximum Gasteiger partial charge on any atom is 0.424 e. The highest BCUT2D eigenvalue weighted by Crippen LogP contribution is 2.46. The zero-order chi connectivity index (χ0) is 28.5. The maximum atomic E-state index is 14.2.